The molecule has 0 unspecified atom stereocenters. The second-order valence-electron chi connectivity index (χ2n) is 6.00. The lowest BCUT2D eigenvalue weighted by molar-refractivity contribution is -0.173. The Morgan fingerprint density at radius 1 is 1.29 bits per heavy atom. The number of ketones is 1. The van der Waals surface area contributed by atoms with Gasteiger partial charge in [0.05, 0.1) is 36.9 Å². The first-order chi connectivity index (χ1) is 11.3. The average molecular weight is 338 g/mol. The first-order valence-corrected chi connectivity index (χ1v) is 7.95. The van der Waals surface area contributed by atoms with Crippen LogP contribution in [0, 0.1) is 11.8 Å². The number of ether oxygens (including phenoxy) is 2. The molecule has 1 aromatic heterocycles. The molecule has 24 heavy (non-hydrogen) atoms. The predicted molar refractivity (Wildman–Crippen MR) is 81.9 cm³/mol. The van der Waals surface area contributed by atoms with E-state index in [1.807, 2.05) is 0 Å². The third-order valence-corrected chi connectivity index (χ3v) is 4.22. The van der Waals surface area contributed by atoms with E-state index in [0.717, 1.165) is 0 Å². The zero-order chi connectivity index (χ0) is 17.9. The standard InChI is InChI=1S/C17H22O7/c1-4-22-15(19)12-10(18)9-17(3,21)14(16(20)23-5-2)13(12)11-7-6-8-24-11/h6-8,12-14,21H,4-5,9H2,1-3H3/t12-,13+,14+,17+/m1/s1. The third-order valence-electron chi connectivity index (χ3n) is 4.22. The zero-order valence-corrected chi connectivity index (χ0v) is 14.0. The van der Waals surface area contributed by atoms with E-state index < -0.39 is 41.1 Å². The number of rotatable bonds is 5. The van der Waals surface area contributed by atoms with Crippen molar-refractivity contribution >= 4 is 17.7 Å². The Labute approximate surface area is 139 Å². The number of Topliss-reactive ketones (excluding diaryl/α,β-unsaturated/α-hetero) is 1. The van der Waals surface area contributed by atoms with Gasteiger partial charge in [-0.25, -0.2) is 0 Å². The van der Waals surface area contributed by atoms with Crippen LogP contribution in [0.15, 0.2) is 22.8 Å². The molecule has 2 rings (SSSR count). The van der Waals surface area contributed by atoms with Gasteiger partial charge in [-0.15, -0.1) is 0 Å². The van der Waals surface area contributed by atoms with Crippen LogP contribution in [0.25, 0.3) is 0 Å². The highest BCUT2D eigenvalue weighted by Gasteiger charge is 2.58. The molecule has 1 N–H and O–H groups in total. The van der Waals surface area contributed by atoms with Crippen LogP contribution in [0.3, 0.4) is 0 Å². The highest BCUT2D eigenvalue weighted by Crippen LogP contribution is 2.46. The normalized spacial score (nSPS) is 30.0. The van der Waals surface area contributed by atoms with E-state index in [4.69, 9.17) is 13.9 Å². The Balaban J connectivity index is 2.53. The molecule has 1 heterocycles. The molecular weight excluding hydrogens is 316 g/mol. The largest absolute Gasteiger partial charge is 0.469 e. The maximum Gasteiger partial charge on any atom is 0.317 e. The van der Waals surface area contributed by atoms with Gasteiger partial charge in [-0.2, -0.15) is 0 Å². The summed E-state index contributed by atoms with van der Waals surface area (Å²) in [5.74, 6) is -4.94. The Morgan fingerprint density at radius 2 is 1.92 bits per heavy atom. The number of hydrogen-bond acceptors (Lipinski definition) is 7. The van der Waals surface area contributed by atoms with Crippen LogP contribution in [-0.2, 0) is 23.9 Å². The van der Waals surface area contributed by atoms with Gasteiger partial charge in [0.15, 0.2) is 5.78 Å². The molecule has 0 spiro atoms. The molecule has 132 valence electrons. The van der Waals surface area contributed by atoms with E-state index in [2.05, 4.69) is 0 Å². The Kier molecular flexibility index (Phi) is 5.43. The van der Waals surface area contributed by atoms with Crippen molar-refractivity contribution < 1.29 is 33.4 Å². The van der Waals surface area contributed by atoms with E-state index in [1.165, 1.54) is 13.2 Å². The molecule has 1 aromatic rings. The molecule has 7 heteroatoms. The van der Waals surface area contributed by atoms with Crippen LogP contribution >= 0.6 is 0 Å². The van der Waals surface area contributed by atoms with Crippen molar-refractivity contribution in [3.63, 3.8) is 0 Å². The van der Waals surface area contributed by atoms with Gasteiger partial charge in [0.1, 0.15) is 11.7 Å². The fourth-order valence-corrected chi connectivity index (χ4v) is 3.30. The van der Waals surface area contributed by atoms with Gasteiger partial charge in [0.25, 0.3) is 0 Å². The molecule has 0 saturated heterocycles. The number of carbonyl (C=O) groups is 3. The van der Waals surface area contributed by atoms with Crippen LogP contribution in [0.5, 0.6) is 0 Å². The second kappa shape index (κ2) is 7.17. The smallest absolute Gasteiger partial charge is 0.317 e. The number of esters is 2. The number of carbonyl (C=O) groups excluding carboxylic acids is 3. The lowest BCUT2D eigenvalue weighted by Gasteiger charge is -2.42. The summed E-state index contributed by atoms with van der Waals surface area (Å²) in [7, 11) is 0. The summed E-state index contributed by atoms with van der Waals surface area (Å²) in [5.41, 5.74) is -1.65. The van der Waals surface area contributed by atoms with Gasteiger partial charge in [-0.05, 0) is 32.9 Å². The summed E-state index contributed by atoms with van der Waals surface area (Å²) in [6.07, 6.45) is 1.05. The van der Waals surface area contributed by atoms with Crippen molar-refractivity contribution in [1.82, 2.24) is 0 Å². The van der Waals surface area contributed by atoms with Crippen LogP contribution < -0.4 is 0 Å². The number of furan rings is 1. The molecule has 1 fully saturated rings. The second-order valence-corrected chi connectivity index (χ2v) is 6.00. The molecular formula is C17H22O7. The minimum atomic E-state index is -1.65. The number of aliphatic hydroxyl groups is 1. The van der Waals surface area contributed by atoms with Crippen LogP contribution in [-0.4, -0.2) is 41.6 Å². The average Bonchev–Trinajstić information content (AvgIpc) is 2.99. The fraction of sp³-hybridized carbons (Fsp3) is 0.588. The van der Waals surface area contributed by atoms with Gasteiger partial charge in [0.2, 0.25) is 0 Å². The molecule has 1 aliphatic rings. The Hall–Kier alpha value is -2.15. The van der Waals surface area contributed by atoms with E-state index in [9.17, 15) is 19.5 Å². The summed E-state index contributed by atoms with van der Waals surface area (Å²) < 4.78 is 15.4. The highest BCUT2D eigenvalue weighted by atomic mass is 16.5. The highest BCUT2D eigenvalue weighted by molar-refractivity contribution is 6.02. The van der Waals surface area contributed by atoms with Crippen molar-refractivity contribution in [2.75, 3.05) is 13.2 Å². The summed E-state index contributed by atoms with van der Waals surface area (Å²) in [5, 5.41) is 10.7. The molecule has 0 amide bonds. The van der Waals surface area contributed by atoms with Gasteiger partial charge < -0.3 is 19.0 Å². The quantitative estimate of drug-likeness (QED) is 0.640. The van der Waals surface area contributed by atoms with Crippen LogP contribution in [0.1, 0.15) is 38.9 Å². The first kappa shape index (κ1) is 18.2. The molecule has 7 nitrogen and oxygen atoms in total. The van der Waals surface area contributed by atoms with Crippen LogP contribution in [0.4, 0.5) is 0 Å². The van der Waals surface area contributed by atoms with Gasteiger partial charge >= 0.3 is 11.9 Å². The maximum atomic E-state index is 12.5. The third kappa shape index (κ3) is 3.36. The molecule has 1 aliphatic carbocycles. The Morgan fingerprint density at radius 3 is 2.46 bits per heavy atom. The summed E-state index contributed by atoms with van der Waals surface area (Å²) >= 11 is 0. The lowest BCUT2D eigenvalue weighted by atomic mass is 9.63. The van der Waals surface area contributed by atoms with Crippen molar-refractivity contribution in [2.24, 2.45) is 11.8 Å². The summed E-state index contributed by atoms with van der Waals surface area (Å²) in [6.45, 7) is 4.89. The molecule has 0 aromatic carbocycles. The van der Waals surface area contributed by atoms with Gasteiger partial charge in [0, 0.05) is 6.42 Å². The SMILES string of the molecule is CCOC(=O)[C@@H]1C(=O)C[C@](C)(O)[C@H](C(=O)OCC)[C@H]1c1ccco1. The molecule has 4 atom stereocenters. The van der Waals surface area contributed by atoms with Gasteiger partial charge in [-0.3, -0.25) is 14.4 Å². The van der Waals surface area contributed by atoms with E-state index in [0.29, 0.717) is 0 Å². The summed E-state index contributed by atoms with van der Waals surface area (Å²) in [4.78, 5) is 37.3. The lowest BCUT2D eigenvalue weighted by Crippen LogP contribution is -2.55. The van der Waals surface area contributed by atoms with Crippen molar-refractivity contribution in [1.29, 1.82) is 0 Å². The van der Waals surface area contributed by atoms with Crippen molar-refractivity contribution in [3.8, 4) is 0 Å². The van der Waals surface area contributed by atoms with Crippen molar-refractivity contribution in [3.05, 3.63) is 24.2 Å². The Bertz CT molecular complexity index is 602. The van der Waals surface area contributed by atoms with E-state index >= 15 is 0 Å². The first-order valence-electron chi connectivity index (χ1n) is 7.95. The molecule has 0 radical (unpaired) electrons. The monoisotopic (exact) mass is 338 g/mol. The van der Waals surface area contributed by atoms with E-state index in [1.54, 1.807) is 26.0 Å². The molecule has 0 aliphatic heterocycles. The predicted octanol–water partition coefficient (Wildman–Crippen LogP) is 1.45. The molecule has 0 bridgehead atoms. The fourth-order valence-electron chi connectivity index (χ4n) is 3.30. The van der Waals surface area contributed by atoms with E-state index in [-0.39, 0.29) is 25.4 Å². The maximum absolute atomic E-state index is 12.5. The van der Waals surface area contributed by atoms with Gasteiger partial charge in [-0.1, -0.05) is 0 Å². The summed E-state index contributed by atoms with van der Waals surface area (Å²) in [6, 6.07) is 3.16. The van der Waals surface area contributed by atoms with Crippen molar-refractivity contribution in [2.45, 2.75) is 38.7 Å². The minimum Gasteiger partial charge on any atom is -0.469 e. The zero-order valence-electron chi connectivity index (χ0n) is 14.0. The van der Waals surface area contributed by atoms with Crippen LogP contribution in [0.2, 0.25) is 0 Å². The minimum absolute atomic E-state index is 0.105. The number of hydrogen-bond donors (Lipinski definition) is 1. The molecule has 1 saturated carbocycles. The topological polar surface area (TPSA) is 103 Å².